The van der Waals surface area contributed by atoms with Crippen molar-refractivity contribution < 1.29 is 43.2 Å². The van der Waals surface area contributed by atoms with Gasteiger partial charge >= 0.3 is 18.3 Å². The second-order valence-electron chi connectivity index (χ2n) is 16.0. The van der Waals surface area contributed by atoms with E-state index in [1.165, 1.54) is 22.7 Å². The summed E-state index contributed by atoms with van der Waals surface area (Å²) in [6.45, 7) is 19.6. The van der Waals surface area contributed by atoms with E-state index in [1.807, 2.05) is 36.4 Å². The van der Waals surface area contributed by atoms with Crippen molar-refractivity contribution >= 4 is 75.1 Å². The van der Waals surface area contributed by atoms with E-state index in [0.717, 1.165) is 0 Å². The lowest BCUT2D eigenvalue weighted by atomic mass is 9.98. The normalized spacial score (nSPS) is 20.7. The van der Waals surface area contributed by atoms with Gasteiger partial charge in [-0.15, -0.1) is 0 Å². The van der Waals surface area contributed by atoms with Crippen LogP contribution >= 0.6 is 0 Å². The third-order valence-corrected chi connectivity index (χ3v) is 14.9. The molecular weight excluding hydrogens is 715 g/mol. The third-order valence-electron chi connectivity index (χ3n) is 8.71. The first-order chi connectivity index (χ1) is 24.2. The summed E-state index contributed by atoms with van der Waals surface area (Å²) in [6.07, 6.45) is -9.56. The summed E-state index contributed by atoms with van der Waals surface area (Å²) in [7, 11) is -3.33. The van der Waals surface area contributed by atoms with Crippen molar-refractivity contribution in [2.75, 3.05) is 29.7 Å². The van der Waals surface area contributed by atoms with Crippen LogP contribution in [0.4, 0.5) is 31.4 Å². The van der Waals surface area contributed by atoms with Crippen LogP contribution in [0.3, 0.4) is 0 Å². The molecule has 0 bridgehead atoms. The predicted molar refractivity (Wildman–Crippen MR) is 213 cm³/mol. The minimum Gasteiger partial charge on any atom is -0.446 e. The Labute approximate surface area is 309 Å². The van der Waals surface area contributed by atoms with E-state index in [0.29, 0.717) is 17.1 Å². The highest BCUT2D eigenvalue weighted by Crippen LogP contribution is 2.28. The number of ether oxygens (including phenoxy) is 5. The van der Waals surface area contributed by atoms with Crippen LogP contribution in [0.25, 0.3) is 0 Å². The Bertz CT molecular complexity index is 1670. The number of hydrogen-bond donors (Lipinski definition) is 4. The van der Waals surface area contributed by atoms with Gasteiger partial charge in [0.2, 0.25) is 0 Å². The molecule has 3 amide bonds. The van der Waals surface area contributed by atoms with Gasteiger partial charge in [0, 0.05) is 24.2 Å². The Morgan fingerprint density at radius 1 is 0.596 bits per heavy atom. The Morgan fingerprint density at radius 3 is 1.29 bits per heavy atom. The van der Waals surface area contributed by atoms with E-state index < -0.39 is 79.8 Å². The smallest absolute Gasteiger partial charge is 0.412 e. The second-order valence-corrected chi connectivity index (χ2v) is 31.2. The fraction of sp³-hybridized carbons (Fsp3) is 0.432. The highest BCUT2D eigenvalue weighted by atomic mass is 28.3. The molecule has 1 fully saturated rings. The first-order valence-electron chi connectivity index (χ1n) is 17.3. The number of carbonyl (C=O) groups excluding carboxylic acids is 3. The molecule has 15 heteroatoms. The zero-order chi connectivity index (χ0) is 38.4. The number of amides is 3. The summed E-state index contributed by atoms with van der Waals surface area (Å²) in [5, 5.41) is 23.2. The molecule has 0 aromatic heterocycles. The highest BCUT2D eigenvalue weighted by molar-refractivity contribution is 6.89. The van der Waals surface area contributed by atoms with Crippen LogP contribution in [-0.2, 0) is 23.7 Å². The molecule has 0 unspecified atom stereocenters. The molecule has 0 aliphatic carbocycles. The number of aliphatic hydroxyl groups is 1. The second kappa shape index (κ2) is 16.8. The van der Waals surface area contributed by atoms with Crippen molar-refractivity contribution in [1.82, 2.24) is 0 Å². The number of nitrogens with one attached hydrogen (secondary N) is 3. The number of anilines is 3. The van der Waals surface area contributed by atoms with E-state index in [9.17, 15) is 19.5 Å². The highest BCUT2D eigenvalue weighted by Gasteiger charge is 2.50. The first-order valence-corrected chi connectivity index (χ1v) is 27.8. The van der Waals surface area contributed by atoms with Crippen molar-refractivity contribution in [1.29, 1.82) is 0 Å². The number of benzene rings is 3. The number of carbonyl (C=O) groups is 3. The third kappa shape index (κ3) is 11.2. The van der Waals surface area contributed by atoms with Crippen LogP contribution in [-0.4, -0.2) is 92.0 Å². The molecule has 3 aromatic rings. The van der Waals surface area contributed by atoms with E-state index in [1.54, 1.807) is 36.4 Å². The lowest BCUT2D eigenvalue weighted by Crippen LogP contribution is -2.62. The molecule has 4 N–H and O–H groups in total. The van der Waals surface area contributed by atoms with Gasteiger partial charge in [0.25, 0.3) is 0 Å². The van der Waals surface area contributed by atoms with Crippen molar-refractivity contribution in [2.45, 2.75) is 89.6 Å². The van der Waals surface area contributed by atoms with Crippen LogP contribution < -0.4 is 31.5 Å². The molecule has 1 aliphatic rings. The van der Waals surface area contributed by atoms with Crippen LogP contribution in [0, 0.1) is 0 Å². The van der Waals surface area contributed by atoms with Crippen LogP contribution in [0.2, 0.25) is 58.9 Å². The van der Waals surface area contributed by atoms with Gasteiger partial charge in [0.1, 0.15) is 18.8 Å². The van der Waals surface area contributed by atoms with Gasteiger partial charge in [-0.25, -0.2) is 14.4 Å². The summed E-state index contributed by atoms with van der Waals surface area (Å²) in [6, 6.07) is 22.5. The van der Waals surface area contributed by atoms with Crippen molar-refractivity contribution in [3.05, 3.63) is 72.8 Å². The average molecular weight is 768 g/mol. The minimum absolute atomic E-state index is 0.429. The fourth-order valence-corrected chi connectivity index (χ4v) is 8.99. The molecule has 4 rings (SSSR count). The number of methoxy groups -OCH3 is 1. The molecule has 52 heavy (non-hydrogen) atoms. The van der Waals surface area contributed by atoms with Gasteiger partial charge in [0.05, 0.1) is 24.2 Å². The van der Waals surface area contributed by atoms with Gasteiger partial charge in [0.15, 0.2) is 18.5 Å². The van der Waals surface area contributed by atoms with Crippen LogP contribution in [0.1, 0.15) is 0 Å². The summed E-state index contributed by atoms with van der Waals surface area (Å²) in [4.78, 5) is 39.1. The Hall–Kier alpha value is -4.00. The number of hydrogen-bond acceptors (Lipinski definition) is 9. The molecule has 3 aromatic carbocycles. The molecule has 1 heterocycles. The van der Waals surface area contributed by atoms with Crippen molar-refractivity contribution in [3.63, 3.8) is 0 Å². The zero-order valence-corrected chi connectivity index (χ0v) is 34.7. The van der Waals surface area contributed by atoms with Gasteiger partial charge in [-0.1, -0.05) is 111 Å². The van der Waals surface area contributed by atoms with E-state index in [2.05, 4.69) is 74.9 Å². The zero-order valence-electron chi connectivity index (χ0n) is 31.7. The summed E-state index contributed by atoms with van der Waals surface area (Å²) >= 11 is 0. The lowest BCUT2D eigenvalue weighted by Gasteiger charge is -2.42. The summed E-state index contributed by atoms with van der Waals surface area (Å²) < 4.78 is 28.3. The molecule has 0 saturated carbocycles. The maximum absolute atomic E-state index is 13.2. The van der Waals surface area contributed by atoms with E-state index >= 15 is 0 Å². The maximum Gasteiger partial charge on any atom is 0.412 e. The molecule has 282 valence electrons. The Balaban J connectivity index is 1.48. The molecule has 1 saturated heterocycles. The molecule has 0 radical (unpaired) electrons. The van der Waals surface area contributed by atoms with Gasteiger partial charge in [-0.3, -0.25) is 16.0 Å². The van der Waals surface area contributed by atoms with Gasteiger partial charge in [-0.2, -0.15) is 0 Å². The molecule has 12 nitrogen and oxygen atoms in total. The quantitative estimate of drug-likeness (QED) is 0.139. The van der Waals surface area contributed by atoms with Gasteiger partial charge < -0.3 is 28.8 Å². The van der Waals surface area contributed by atoms with E-state index in [-0.39, 0.29) is 0 Å². The van der Waals surface area contributed by atoms with Gasteiger partial charge in [-0.05, 0) is 36.4 Å². The molecule has 0 spiro atoms. The summed E-state index contributed by atoms with van der Waals surface area (Å²) in [5.41, 5.74) is 1.50. The summed E-state index contributed by atoms with van der Waals surface area (Å²) in [5.74, 6) is 0. The average Bonchev–Trinajstić information content (AvgIpc) is 3.05. The van der Waals surface area contributed by atoms with E-state index in [4.69, 9.17) is 23.7 Å². The molecule has 1 aliphatic heterocycles. The van der Waals surface area contributed by atoms with Crippen LogP contribution in [0.15, 0.2) is 72.8 Å². The fourth-order valence-electron chi connectivity index (χ4n) is 5.49. The first kappa shape index (κ1) is 40.8. The predicted octanol–water partition coefficient (Wildman–Crippen LogP) is 5.84. The topological polar surface area (TPSA) is 154 Å². The lowest BCUT2D eigenvalue weighted by molar-refractivity contribution is -0.291. The SMILES string of the molecule is CO[C@@H]1O[C@H](COC(=O)Nc2ccc([Si](C)(C)C)cc2)[C@@H](O)[C@H](OC(=O)Nc2ccc([Si](C)(C)C)cc2)[C@H]1OC(=O)Nc1ccc([Si](C)(C)C)cc1. The standard InChI is InChI=1S/C37H53N3O9Si3/c1-45-34-33(49-37(44)40-26-15-21-29(22-16-26)52(8,9)10)32(48-36(43)39-25-13-19-28(20-14-25)51(5,6)7)31(41)30(47-34)23-46-35(42)38-24-11-17-27(18-12-24)50(2,3)4/h11-22,30-34,41H,23H2,1-10H3,(H,38,42)(H,39,43)(H,40,44)/t30-,31-,32+,33-,34-/m1/s1. The Morgan fingerprint density at radius 2 is 0.942 bits per heavy atom. The monoisotopic (exact) mass is 767 g/mol. The largest absolute Gasteiger partial charge is 0.446 e. The molecule has 5 atom stereocenters. The Kier molecular flexibility index (Phi) is 13.2. The maximum atomic E-state index is 13.2. The van der Waals surface area contributed by atoms with Crippen molar-refractivity contribution in [3.8, 4) is 0 Å². The number of rotatable bonds is 11. The number of aliphatic hydroxyl groups excluding tert-OH is 1. The minimum atomic E-state index is -1.59. The van der Waals surface area contributed by atoms with Crippen LogP contribution in [0.5, 0.6) is 0 Å². The molecular formula is C37H53N3O9Si3. The van der Waals surface area contributed by atoms with Crippen molar-refractivity contribution in [2.24, 2.45) is 0 Å².